The van der Waals surface area contributed by atoms with Crippen molar-refractivity contribution in [2.75, 3.05) is 0 Å². The highest BCUT2D eigenvalue weighted by atomic mass is 35.5. The van der Waals surface area contributed by atoms with Crippen LogP contribution in [0, 0.1) is 12.3 Å². The third kappa shape index (κ3) is 2.83. The van der Waals surface area contributed by atoms with Crippen molar-refractivity contribution in [3.8, 4) is 0 Å². The predicted octanol–water partition coefficient (Wildman–Crippen LogP) is 5.79. The molecule has 1 aromatic heterocycles. The lowest BCUT2D eigenvalue weighted by molar-refractivity contribution is 0.183. The highest BCUT2D eigenvalue weighted by Crippen LogP contribution is 2.43. The van der Waals surface area contributed by atoms with Crippen LogP contribution in [0.3, 0.4) is 0 Å². The lowest BCUT2D eigenvalue weighted by Crippen LogP contribution is -2.26. The highest BCUT2D eigenvalue weighted by molar-refractivity contribution is 6.20. The number of aryl methyl sites for hydroxylation is 1. The van der Waals surface area contributed by atoms with E-state index >= 15 is 0 Å². The normalized spacial score (nSPS) is 23.4. The van der Waals surface area contributed by atoms with Crippen molar-refractivity contribution in [2.24, 2.45) is 5.41 Å². The molecule has 0 saturated heterocycles. The van der Waals surface area contributed by atoms with Gasteiger partial charge in [-0.15, -0.1) is 11.6 Å². The maximum absolute atomic E-state index is 6.43. The van der Waals surface area contributed by atoms with Gasteiger partial charge in [-0.2, -0.15) is 0 Å². The lowest BCUT2D eigenvalue weighted by Gasteiger charge is -2.37. The number of rotatable bonds is 2. The van der Waals surface area contributed by atoms with Gasteiger partial charge < -0.3 is 4.57 Å². The minimum atomic E-state index is -0.0530. The second kappa shape index (κ2) is 5.31. The number of alkyl halides is 1. The van der Waals surface area contributed by atoms with E-state index in [4.69, 9.17) is 16.6 Å². The van der Waals surface area contributed by atoms with E-state index in [1.54, 1.807) is 0 Å². The monoisotopic (exact) mass is 304 g/mol. The first-order valence-corrected chi connectivity index (χ1v) is 8.43. The van der Waals surface area contributed by atoms with Crippen LogP contribution < -0.4 is 0 Å². The molecule has 1 fully saturated rings. The Morgan fingerprint density at radius 3 is 2.81 bits per heavy atom. The Labute approximate surface area is 132 Å². The van der Waals surface area contributed by atoms with E-state index < -0.39 is 0 Å². The molecule has 2 nitrogen and oxygen atoms in total. The van der Waals surface area contributed by atoms with Crippen molar-refractivity contribution < 1.29 is 0 Å². The second-order valence-corrected chi connectivity index (χ2v) is 8.02. The molecule has 114 valence electrons. The molecular formula is C18H25ClN2. The summed E-state index contributed by atoms with van der Waals surface area (Å²) >= 11 is 6.43. The number of hydrogen-bond donors (Lipinski definition) is 0. The summed E-state index contributed by atoms with van der Waals surface area (Å²) in [5, 5.41) is -0.0530. The molecular weight excluding hydrogens is 280 g/mol. The molecule has 1 aliphatic rings. The number of hydrogen-bond acceptors (Lipinski definition) is 1. The van der Waals surface area contributed by atoms with Crippen LogP contribution in [-0.4, -0.2) is 9.55 Å². The molecule has 1 aromatic carbocycles. The van der Waals surface area contributed by atoms with Crippen molar-refractivity contribution in [2.45, 2.75) is 64.8 Å². The molecule has 3 rings (SSSR count). The quantitative estimate of drug-likeness (QED) is 0.642. The fraction of sp³-hybridized carbons (Fsp3) is 0.611. The lowest BCUT2D eigenvalue weighted by atomic mass is 9.75. The summed E-state index contributed by atoms with van der Waals surface area (Å²) < 4.78 is 2.43. The Balaban J connectivity index is 2.14. The summed E-state index contributed by atoms with van der Waals surface area (Å²) in [7, 11) is 0. The van der Waals surface area contributed by atoms with E-state index in [1.807, 2.05) is 6.92 Å². The van der Waals surface area contributed by atoms with Gasteiger partial charge in [0.15, 0.2) is 0 Å². The van der Waals surface area contributed by atoms with Crippen molar-refractivity contribution >= 4 is 22.6 Å². The van der Waals surface area contributed by atoms with Gasteiger partial charge in [0.25, 0.3) is 0 Å². The zero-order valence-electron chi connectivity index (χ0n) is 13.5. The van der Waals surface area contributed by atoms with Gasteiger partial charge >= 0.3 is 0 Å². The number of aromatic nitrogens is 2. The van der Waals surface area contributed by atoms with E-state index in [1.165, 1.54) is 36.8 Å². The van der Waals surface area contributed by atoms with Gasteiger partial charge in [-0.05, 0) is 56.2 Å². The molecule has 0 radical (unpaired) electrons. The largest absolute Gasteiger partial charge is 0.324 e. The summed E-state index contributed by atoms with van der Waals surface area (Å²) in [6.07, 6.45) is 5.06. The van der Waals surface area contributed by atoms with Crippen LogP contribution in [0.4, 0.5) is 0 Å². The summed E-state index contributed by atoms with van der Waals surface area (Å²) in [5.74, 6) is 1.03. The van der Waals surface area contributed by atoms with Crippen molar-refractivity contribution in [3.63, 3.8) is 0 Å². The van der Waals surface area contributed by atoms with Gasteiger partial charge in [0, 0.05) is 6.04 Å². The molecule has 1 heterocycles. The number of nitrogens with zero attached hydrogens (tertiary/aromatic N) is 2. The van der Waals surface area contributed by atoms with Gasteiger partial charge in [-0.1, -0.05) is 26.3 Å². The molecule has 0 amide bonds. The Kier molecular flexibility index (Phi) is 3.77. The van der Waals surface area contributed by atoms with E-state index in [0.29, 0.717) is 11.5 Å². The van der Waals surface area contributed by atoms with E-state index in [9.17, 15) is 0 Å². The average molecular weight is 305 g/mol. The fourth-order valence-electron chi connectivity index (χ4n) is 3.76. The maximum Gasteiger partial charge on any atom is 0.127 e. The third-order valence-corrected chi connectivity index (χ3v) is 4.97. The molecule has 0 aliphatic heterocycles. The summed E-state index contributed by atoms with van der Waals surface area (Å²) in [4.78, 5) is 4.81. The van der Waals surface area contributed by atoms with Crippen LogP contribution in [0.1, 0.15) is 69.3 Å². The Morgan fingerprint density at radius 1 is 1.38 bits per heavy atom. The topological polar surface area (TPSA) is 17.8 Å². The van der Waals surface area contributed by atoms with Gasteiger partial charge in [0.2, 0.25) is 0 Å². The molecule has 0 N–H and O–H groups in total. The second-order valence-electron chi connectivity index (χ2n) is 7.36. The average Bonchev–Trinajstić information content (AvgIpc) is 2.76. The molecule has 2 aromatic rings. The smallest absolute Gasteiger partial charge is 0.127 e. The predicted molar refractivity (Wildman–Crippen MR) is 90.0 cm³/mol. The molecule has 21 heavy (non-hydrogen) atoms. The fourth-order valence-corrected chi connectivity index (χ4v) is 3.92. The minimum absolute atomic E-state index is 0.0530. The van der Waals surface area contributed by atoms with Crippen molar-refractivity contribution in [3.05, 3.63) is 29.6 Å². The SMILES string of the molecule is Cc1ccc2nc(C(C)Cl)n(C3CCCC(C)(C)C3)c2c1. The van der Waals surface area contributed by atoms with Crippen LogP contribution >= 0.6 is 11.6 Å². The van der Waals surface area contributed by atoms with Crippen LogP contribution in [0.5, 0.6) is 0 Å². The van der Waals surface area contributed by atoms with Crippen molar-refractivity contribution in [1.82, 2.24) is 9.55 Å². The first-order valence-electron chi connectivity index (χ1n) is 8.00. The van der Waals surface area contributed by atoms with Crippen LogP contribution in [0.25, 0.3) is 11.0 Å². The molecule has 1 saturated carbocycles. The summed E-state index contributed by atoms with van der Waals surface area (Å²) in [6, 6.07) is 7.04. The van der Waals surface area contributed by atoms with E-state index in [0.717, 1.165) is 11.3 Å². The summed E-state index contributed by atoms with van der Waals surface area (Å²) in [6.45, 7) is 8.94. The molecule has 0 spiro atoms. The van der Waals surface area contributed by atoms with Crippen LogP contribution in [0.2, 0.25) is 0 Å². The first kappa shape index (κ1) is 14.9. The highest BCUT2D eigenvalue weighted by Gasteiger charge is 2.31. The zero-order valence-corrected chi connectivity index (χ0v) is 14.2. The maximum atomic E-state index is 6.43. The molecule has 1 aliphatic carbocycles. The van der Waals surface area contributed by atoms with E-state index in [-0.39, 0.29) is 5.38 Å². The standard InChI is InChI=1S/C18H25ClN2/c1-12-7-8-15-16(10-12)21(17(20-15)13(2)19)14-6-5-9-18(3,4)11-14/h7-8,10,13-14H,5-6,9,11H2,1-4H3. The van der Waals surface area contributed by atoms with Gasteiger partial charge in [0.05, 0.1) is 16.4 Å². The zero-order chi connectivity index (χ0) is 15.2. The Hall–Kier alpha value is -1.02. The van der Waals surface area contributed by atoms with Crippen LogP contribution in [0.15, 0.2) is 18.2 Å². The summed E-state index contributed by atoms with van der Waals surface area (Å²) in [5.41, 5.74) is 4.02. The number of imidazole rings is 1. The molecule has 2 unspecified atom stereocenters. The Morgan fingerprint density at radius 2 is 2.14 bits per heavy atom. The van der Waals surface area contributed by atoms with Gasteiger partial charge in [0.1, 0.15) is 5.82 Å². The molecule has 2 atom stereocenters. The van der Waals surface area contributed by atoms with Gasteiger partial charge in [-0.3, -0.25) is 0 Å². The minimum Gasteiger partial charge on any atom is -0.324 e. The van der Waals surface area contributed by atoms with E-state index in [2.05, 4.69) is 43.5 Å². The van der Waals surface area contributed by atoms with Crippen LogP contribution in [-0.2, 0) is 0 Å². The number of fused-ring (bicyclic) bond motifs is 1. The van der Waals surface area contributed by atoms with Crippen molar-refractivity contribution in [1.29, 1.82) is 0 Å². The first-order chi connectivity index (χ1) is 9.87. The molecule has 3 heteroatoms. The number of halogens is 1. The van der Waals surface area contributed by atoms with Gasteiger partial charge in [-0.25, -0.2) is 4.98 Å². The molecule has 0 bridgehead atoms. The Bertz CT molecular complexity index is 655. The number of benzene rings is 1. The third-order valence-electron chi connectivity index (χ3n) is 4.77.